The van der Waals surface area contributed by atoms with Crippen LogP contribution in [0.2, 0.25) is 0 Å². The van der Waals surface area contributed by atoms with E-state index in [2.05, 4.69) is 4.90 Å². The quantitative estimate of drug-likeness (QED) is 0.817. The van der Waals surface area contributed by atoms with Crippen molar-refractivity contribution in [2.45, 2.75) is 36.6 Å². The SMILES string of the molecule is NS(=O)(=O)c1ccc(-c2ccc(C(=O)N3CCCC3CN3CCCC3)cc2)cc1. The van der Waals surface area contributed by atoms with E-state index in [0.29, 0.717) is 11.6 Å². The molecule has 0 bridgehead atoms. The summed E-state index contributed by atoms with van der Waals surface area (Å²) < 4.78 is 22.8. The molecule has 6 nitrogen and oxygen atoms in total. The zero-order chi connectivity index (χ0) is 20.4. The van der Waals surface area contributed by atoms with Crippen LogP contribution in [0.1, 0.15) is 36.0 Å². The van der Waals surface area contributed by atoms with Crippen molar-refractivity contribution in [3.05, 3.63) is 54.1 Å². The minimum atomic E-state index is -3.70. The van der Waals surface area contributed by atoms with Crippen molar-refractivity contribution in [3.63, 3.8) is 0 Å². The number of likely N-dealkylation sites (tertiary alicyclic amines) is 2. The third-order valence-electron chi connectivity index (χ3n) is 5.95. The maximum absolute atomic E-state index is 13.1. The van der Waals surface area contributed by atoms with E-state index >= 15 is 0 Å². The van der Waals surface area contributed by atoms with Gasteiger partial charge in [0.2, 0.25) is 10.0 Å². The molecule has 29 heavy (non-hydrogen) atoms. The van der Waals surface area contributed by atoms with Crippen molar-refractivity contribution in [2.75, 3.05) is 26.2 Å². The average Bonchev–Trinajstić information content (AvgIpc) is 3.39. The van der Waals surface area contributed by atoms with Crippen molar-refractivity contribution in [1.82, 2.24) is 9.80 Å². The summed E-state index contributed by atoms with van der Waals surface area (Å²) in [5, 5.41) is 5.15. The Labute approximate surface area is 172 Å². The highest BCUT2D eigenvalue weighted by Gasteiger charge is 2.31. The Hall–Kier alpha value is -2.22. The van der Waals surface area contributed by atoms with Gasteiger partial charge in [-0.3, -0.25) is 4.79 Å². The Morgan fingerprint density at radius 1 is 0.897 bits per heavy atom. The predicted molar refractivity (Wildman–Crippen MR) is 113 cm³/mol. The Bertz CT molecular complexity index is 965. The summed E-state index contributed by atoms with van der Waals surface area (Å²) in [4.78, 5) is 17.7. The summed E-state index contributed by atoms with van der Waals surface area (Å²) in [7, 11) is -3.70. The summed E-state index contributed by atoms with van der Waals surface area (Å²) in [5.41, 5.74) is 2.50. The second kappa shape index (κ2) is 8.26. The standard InChI is InChI=1S/C22H27N3O3S/c23-29(27,28)21-11-9-18(10-12-21)17-5-7-19(8-6-17)22(26)25-15-3-4-20(25)16-24-13-1-2-14-24/h5-12,20H,1-4,13-16H2,(H2,23,27,28). The molecular formula is C22H27N3O3S. The Morgan fingerprint density at radius 2 is 1.48 bits per heavy atom. The molecule has 1 amide bonds. The molecule has 2 N–H and O–H groups in total. The molecule has 2 fully saturated rings. The predicted octanol–water partition coefficient (Wildman–Crippen LogP) is 2.70. The number of nitrogens with zero attached hydrogens (tertiary/aromatic N) is 2. The first-order valence-corrected chi connectivity index (χ1v) is 11.7. The lowest BCUT2D eigenvalue weighted by Gasteiger charge is -2.28. The lowest BCUT2D eigenvalue weighted by molar-refractivity contribution is 0.0709. The maximum Gasteiger partial charge on any atom is 0.254 e. The molecule has 2 aliphatic rings. The molecule has 0 aliphatic carbocycles. The van der Waals surface area contributed by atoms with E-state index in [1.54, 1.807) is 12.1 Å². The van der Waals surface area contributed by atoms with Crippen LogP contribution in [0.15, 0.2) is 53.4 Å². The number of carbonyl (C=O) groups excluding carboxylic acids is 1. The van der Waals surface area contributed by atoms with Crippen molar-refractivity contribution in [2.24, 2.45) is 5.14 Å². The Balaban J connectivity index is 1.46. The van der Waals surface area contributed by atoms with E-state index in [4.69, 9.17) is 5.14 Å². The first-order valence-electron chi connectivity index (χ1n) is 10.2. The van der Waals surface area contributed by atoms with E-state index in [9.17, 15) is 13.2 Å². The van der Waals surface area contributed by atoms with Crippen LogP contribution in [0.3, 0.4) is 0 Å². The number of amides is 1. The Kier molecular flexibility index (Phi) is 5.72. The molecule has 2 aromatic carbocycles. The van der Waals surface area contributed by atoms with E-state index in [1.165, 1.54) is 25.0 Å². The lowest BCUT2D eigenvalue weighted by Crippen LogP contribution is -2.42. The third kappa shape index (κ3) is 4.52. The first kappa shape index (κ1) is 20.1. The van der Waals surface area contributed by atoms with Crippen LogP contribution in [0, 0.1) is 0 Å². The van der Waals surface area contributed by atoms with Crippen molar-refractivity contribution >= 4 is 15.9 Å². The fraction of sp³-hybridized carbons (Fsp3) is 0.409. The molecule has 154 valence electrons. The first-order chi connectivity index (χ1) is 13.9. The van der Waals surface area contributed by atoms with Gasteiger partial charge in [0.15, 0.2) is 0 Å². The van der Waals surface area contributed by atoms with E-state index in [1.807, 2.05) is 29.2 Å². The average molecular weight is 414 g/mol. The molecule has 2 saturated heterocycles. The Morgan fingerprint density at radius 3 is 2.07 bits per heavy atom. The molecule has 1 unspecified atom stereocenters. The number of benzene rings is 2. The van der Waals surface area contributed by atoms with E-state index in [-0.39, 0.29) is 10.8 Å². The molecule has 2 aliphatic heterocycles. The summed E-state index contributed by atoms with van der Waals surface area (Å²) >= 11 is 0. The number of rotatable bonds is 5. The summed E-state index contributed by atoms with van der Waals surface area (Å²) in [6.45, 7) is 4.11. The van der Waals surface area contributed by atoms with Gasteiger partial charge in [-0.15, -0.1) is 0 Å². The zero-order valence-electron chi connectivity index (χ0n) is 16.5. The number of hydrogen-bond donors (Lipinski definition) is 1. The topological polar surface area (TPSA) is 83.7 Å². The smallest absolute Gasteiger partial charge is 0.254 e. The number of sulfonamides is 1. The maximum atomic E-state index is 13.1. The third-order valence-corrected chi connectivity index (χ3v) is 6.88. The second-order valence-electron chi connectivity index (χ2n) is 7.95. The van der Waals surface area contributed by atoms with Gasteiger partial charge in [-0.2, -0.15) is 0 Å². The number of carbonyl (C=O) groups is 1. The van der Waals surface area contributed by atoms with E-state index < -0.39 is 10.0 Å². The highest BCUT2D eigenvalue weighted by Crippen LogP contribution is 2.25. The molecule has 1 atom stereocenters. The largest absolute Gasteiger partial charge is 0.334 e. The summed E-state index contributed by atoms with van der Waals surface area (Å²) in [6.07, 6.45) is 4.68. The highest BCUT2D eigenvalue weighted by molar-refractivity contribution is 7.89. The minimum Gasteiger partial charge on any atom is -0.334 e. The summed E-state index contributed by atoms with van der Waals surface area (Å²) in [5.74, 6) is 0.0998. The van der Waals surface area contributed by atoms with Gasteiger partial charge in [0.1, 0.15) is 0 Å². The monoisotopic (exact) mass is 413 g/mol. The van der Waals surface area contributed by atoms with E-state index in [0.717, 1.165) is 50.1 Å². The second-order valence-corrected chi connectivity index (χ2v) is 9.51. The molecule has 0 saturated carbocycles. The lowest BCUT2D eigenvalue weighted by atomic mass is 10.0. The molecule has 0 spiro atoms. The van der Waals surface area contributed by atoms with Gasteiger partial charge in [0.05, 0.1) is 4.90 Å². The normalized spacial score (nSPS) is 20.3. The number of hydrogen-bond acceptors (Lipinski definition) is 4. The molecule has 2 heterocycles. The minimum absolute atomic E-state index is 0.0890. The molecular weight excluding hydrogens is 386 g/mol. The van der Waals surface area contributed by atoms with Gasteiger partial charge >= 0.3 is 0 Å². The molecule has 2 aromatic rings. The van der Waals surface area contributed by atoms with Gasteiger partial charge < -0.3 is 9.80 Å². The van der Waals surface area contributed by atoms with Crippen LogP contribution >= 0.6 is 0 Å². The van der Waals surface area contributed by atoms with Crippen molar-refractivity contribution < 1.29 is 13.2 Å². The molecule has 4 rings (SSSR count). The van der Waals surface area contributed by atoms with Crippen LogP contribution in [-0.2, 0) is 10.0 Å². The van der Waals surface area contributed by atoms with Crippen LogP contribution in [0.25, 0.3) is 11.1 Å². The van der Waals surface area contributed by atoms with Gasteiger partial charge in [-0.1, -0.05) is 24.3 Å². The van der Waals surface area contributed by atoms with Crippen LogP contribution < -0.4 is 5.14 Å². The number of primary sulfonamides is 1. The van der Waals surface area contributed by atoms with Gasteiger partial charge in [-0.05, 0) is 74.2 Å². The van der Waals surface area contributed by atoms with Crippen LogP contribution in [-0.4, -0.2) is 56.3 Å². The van der Waals surface area contributed by atoms with Crippen molar-refractivity contribution in [1.29, 1.82) is 0 Å². The fourth-order valence-corrected chi connectivity index (χ4v) is 4.88. The van der Waals surface area contributed by atoms with Crippen molar-refractivity contribution in [3.8, 4) is 11.1 Å². The van der Waals surface area contributed by atoms with Gasteiger partial charge in [0.25, 0.3) is 5.91 Å². The molecule has 7 heteroatoms. The number of nitrogens with two attached hydrogens (primary N) is 1. The van der Waals surface area contributed by atoms with Gasteiger partial charge in [-0.25, -0.2) is 13.6 Å². The van der Waals surface area contributed by atoms with Gasteiger partial charge in [0, 0.05) is 24.7 Å². The molecule has 0 radical (unpaired) electrons. The van der Waals surface area contributed by atoms with Crippen LogP contribution in [0.4, 0.5) is 0 Å². The summed E-state index contributed by atoms with van der Waals surface area (Å²) in [6, 6.07) is 14.3. The highest BCUT2D eigenvalue weighted by atomic mass is 32.2. The molecule has 0 aromatic heterocycles. The fourth-order valence-electron chi connectivity index (χ4n) is 4.36. The van der Waals surface area contributed by atoms with Crippen LogP contribution in [0.5, 0.6) is 0 Å². The zero-order valence-corrected chi connectivity index (χ0v) is 17.3.